The van der Waals surface area contributed by atoms with Crippen molar-refractivity contribution < 1.29 is 0 Å². The molecule has 0 bridgehead atoms. The van der Waals surface area contributed by atoms with Crippen LogP contribution < -0.4 is 17.6 Å². The summed E-state index contributed by atoms with van der Waals surface area (Å²) in [6.07, 6.45) is 0. The van der Waals surface area contributed by atoms with Gasteiger partial charge in [-0.25, -0.2) is 0 Å². The molecule has 0 atom stereocenters. The topological polar surface area (TPSA) is 0 Å². The maximum atomic E-state index is 2.11. The Morgan fingerprint density at radius 1 is 0.200 bits per heavy atom. The normalized spacial score (nSPS) is 8.71. The van der Waals surface area contributed by atoms with Crippen molar-refractivity contribution in [1.82, 2.24) is 0 Å². The van der Waals surface area contributed by atoms with Gasteiger partial charge in [0.25, 0.3) is 0 Å². The van der Waals surface area contributed by atoms with Crippen molar-refractivity contribution in [1.29, 1.82) is 0 Å². The standard InChI is InChI=1S/5C6H5.5Sb/c5*1-2-4-6-5-3-1;;;;;/h5*1-5H;;;;;. The third-order valence-electron chi connectivity index (χ3n) is 3.78. The summed E-state index contributed by atoms with van der Waals surface area (Å²) in [6.45, 7) is 0. The summed E-state index contributed by atoms with van der Waals surface area (Å²) in [5, 5.41) is 0. The molecule has 0 N–H and O–H groups in total. The Morgan fingerprint density at radius 3 is 0.371 bits per heavy atom. The van der Waals surface area contributed by atoms with E-state index in [1.54, 1.807) is 115 Å². The van der Waals surface area contributed by atoms with Crippen LogP contribution in [0.4, 0.5) is 0 Å². The van der Waals surface area contributed by atoms with Crippen molar-refractivity contribution >= 4 is 133 Å². The van der Waals surface area contributed by atoms with Gasteiger partial charge in [0.1, 0.15) is 0 Å². The van der Waals surface area contributed by atoms with Gasteiger partial charge in [-0.2, -0.15) is 0 Å². The Kier molecular flexibility index (Phi) is 22.1. The van der Waals surface area contributed by atoms with E-state index in [1.165, 1.54) is 17.6 Å². The first-order chi connectivity index (χ1) is 17.0. The van der Waals surface area contributed by atoms with Crippen LogP contribution in [0.1, 0.15) is 0 Å². The number of rotatable bonds is 0. The van der Waals surface area contributed by atoms with E-state index in [-0.39, 0.29) is 0 Å². The predicted octanol–water partition coefficient (Wildman–Crippen LogP) is 2.40. The summed E-state index contributed by atoms with van der Waals surface area (Å²) in [5.41, 5.74) is 0. The predicted molar refractivity (Wildman–Crippen MR) is 159 cm³/mol. The second-order valence-electron chi connectivity index (χ2n) is 6.68. The summed E-state index contributed by atoms with van der Waals surface area (Å²) < 4.78 is 6.86. The van der Waals surface area contributed by atoms with Crippen molar-refractivity contribution in [2.24, 2.45) is 0 Å². The molecule has 5 aromatic rings. The van der Waals surface area contributed by atoms with E-state index in [9.17, 15) is 0 Å². The van der Waals surface area contributed by atoms with Gasteiger partial charge in [-0.3, -0.25) is 0 Å². The number of hydrogen-bond acceptors (Lipinski definition) is 0. The minimum absolute atomic E-state index is 1.37. The van der Waals surface area contributed by atoms with E-state index in [0.717, 1.165) is 0 Å². The molecule has 35 heavy (non-hydrogen) atoms. The molecule has 0 aromatic heterocycles. The first-order valence-corrected chi connectivity index (χ1v) is 17.1. The van der Waals surface area contributed by atoms with Gasteiger partial charge in [0.05, 0.1) is 0 Å². The van der Waals surface area contributed by atoms with Gasteiger partial charge in [-0.05, 0) is 0 Å². The van der Waals surface area contributed by atoms with E-state index in [0.29, 0.717) is 0 Å². The average Bonchev–Trinajstić information content (AvgIpc) is 2.88. The molecule has 5 aromatic carbocycles. The van der Waals surface area contributed by atoms with Gasteiger partial charge in [0, 0.05) is 0 Å². The van der Waals surface area contributed by atoms with Crippen LogP contribution in [0.25, 0.3) is 0 Å². The molecule has 5 heteroatoms. The molecule has 0 heterocycles. The molecule has 0 amide bonds. The molecule has 0 aliphatic heterocycles. The molecule has 0 saturated heterocycles. The molecule has 0 unspecified atom stereocenters. The van der Waals surface area contributed by atoms with Crippen LogP contribution in [0.5, 0.6) is 0 Å². The zero-order valence-electron chi connectivity index (χ0n) is 19.2. The molecule has 0 fully saturated rings. The van der Waals surface area contributed by atoms with E-state index in [1.807, 2.05) is 91.0 Å². The Hall–Kier alpha value is 0.191. The van der Waals surface area contributed by atoms with E-state index >= 15 is 0 Å². The Morgan fingerprint density at radius 2 is 0.314 bits per heavy atom. The fraction of sp³-hybridized carbons (Fsp3) is 0. The quantitative estimate of drug-likeness (QED) is 0.210. The van der Waals surface area contributed by atoms with E-state index in [4.69, 9.17) is 0 Å². The second kappa shape index (κ2) is 23.3. The maximum absolute atomic E-state index is 2.11. The van der Waals surface area contributed by atoms with Crippen LogP contribution in [-0.2, 0) is 0 Å². The molecule has 0 spiro atoms. The van der Waals surface area contributed by atoms with Crippen LogP contribution in [0.3, 0.4) is 0 Å². The minimum atomic E-state index is 1.37. The Bertz CT molecular complexity index is 888. The van der Waals surface area contributed by atoms with Crippen molar-refractivity contribution in [3.8, 4) is 0 Å². The number of benzene rings is 5. The fourth-order valence-electron chi connectivity index (χ4n) is 2.14. The van der Waals surface area contributed by atoms with E-state index in [2.05, 4.69) is 60.7 Å². The molecule has 0 aliphatic carbocycles. The van der Waals surface area contributed by atoms with Crippen molar-refractivity contribution in [2.45, 2.75) is 0 Å². The summed E-state index contributed by atoms with van der Waals surface area (Å²) in [5.74, 6) is 0. The average molecular weight is 994 g/mol. The van der Waals surface area contributed by atoms with Gasteiger partial charge < -0.3 is 0 Å². The van der Waals surface area contributed by atoms with Crippen LogP contribution in [0.15, 0.2) is 152 Å². The van der Waals surface area contributed by atoms with Gasteiger partial charge in [-0.1, -0.05) is 0 Å². The SMILES string of the molecule is [Sb][c]1ccccc1.[Sb][c]1ccccc1.[Sb][c]1ccccc1.[Sb][c]1ccccc1.[Sb][c]1ccccc1. The first kappa shape index (κ1) is 33.2. The van der Waals surface area contributed by atoms with Crippen LogP contribution in [0.2, 0.25) is 0 Å². The number of hydrogen-bond donors (Lipinski definition) is 0. The Labute approximate surface area is 280 Å². The van der Waals surface area contributed by atoms with Crippen molar-refractivity contribution in [3.05, 3.63) is 152 Å². The molecule has 10 radical (unpaired) electrons. The van der Waals surface area contributed by atoms with Gasteiger partial charge >= 0.3 is 284 Å². The Balaban J connectivity index is 0.000000219. The molecular formula is C30H25Sb5. The van der Waals surface area contributed by atoms with E-state index < -0.39 is 0 Å². The summed E-state index contributed by atoms with van der Waals surface area (Å²) in [6, 6.07) is 51.7. The summed E-state index contributed by atoms with van der Waals surface area (Å²) in [7, 11) is 0. The third kappa shape index (κ3) is 21.9. The zero-order chi connectivity index (χ0) is 25.6. The molecule has 0 aliphatic rings. The van der Waals surface area contributed by atoms with Gasteiger partial charge in [0.2, 0.25) is 0 Å². The fourth-order valence-corrected chi connectivity index (χ4v) is 4.60. The van der Waals surface area contributed by atoms with Crippen LogP contribution in [0, 0.1) is 0 Å². The second-order valence-corrected chi connectivity index (χ2v) is 14.0. The molecule has 170 valence electrons. The molecule has 5 rings (SSSR count). The zero-order valence-corrected chi connectivity index (χ0v) is 31.9. The third-order valence-corrected chi connectivity index (χ3v) is 8.04. The summed E-state index contributed by atoms with van der Waals surface area (Å²) >= 11 is 8.78. The molecule has 0 saturated carbocycles. The monoisotopic (exact) mass is 990 g/mol. The molecular weight excluding hydrogens is 969 g/mol. The first-order valence-electron chi connectivity index (χ1n) is 10.7. The van der Waals surface area contributed by atoms with Crippen LogP contribution >= 0.6 is 0 Å². The van der Waals surface area contributed by atoms with Crippen LogP contribution in [-0.4, -0.2) is 115 Å². The molecule has 0 nitrogen and oxygen atoms in total. The van der Waals surface area contributed by atoms with Crippen molar-refractivity contribution in [3.63, 3.8) is 0 Å². The summed E-state index contributed by atoms with van der Waals surface area (Å²) in [4.78, 5) is 0. The van der Waals surface area contributed by atoms with Crippen molar-refractivity contribution in [2.75, 3.05) is 0 Å². The van der Waals surface area contributed by atoms with Gasteiger partial charge in [-0.15, -0.1) is 0 Å². The van der Waals surface area contributed by atoms with Gasteiger partial charge in [0.15, 0.2) is 0 Å².